The molecule has 10 heavy (non-hydrogen) atoms. The van der Waals surface area contributed by atoms with Gasteiger partial charge in [0.2, 0.25) is 0 Å². The first-order valence-corrected chi connectivity index (χ1v) is 3.62. The van der Waals surface area contributed by atoms with Gasteiger partial charge in [-0.15, -0.1) is 0 Å². The van der Waals surface area contributed by atoms with Gasteiger partial charge < -0.3 is 4.70 Å². The fourth-order valence-electron chi connectivity index (χ4n) is 1.18. The topological polar surface area (TPSA) is 4.44 Å². The molecular weight excluding hydrogens is 129 g/mol. The number of quaternary nitrogens is 1. The van der Waals surface area contributed by atoms with Crippen LogP contribution in [0.25, 0.3) is 0 Å². The Labute approximate surface area is 61.4 Å². The molecule has 1 rings (SSSR count). The van der Waals surface area contributed by atoms with Gasteiger partial charge in [0, 0.05) is 12.5 Å². The molecule has 1 aliphatic rings. The summed E-state index contributed by atoms with van der Waals surface area (Å²) in [5.74, 6) is 0. The van der Waals surface area contributed by atoms with Crippen molar-refractivity contribution < 1.29 is 9.60 Å². The molecule has 0 saturated carbocycles. The van der Waals surface area contributed by atoms with Crippen molar-refractivity contribution in [3.8, 4) is 0 Å². The Morgan fingerprint density at radius 2 is 2.10 bits per heavy atom. The van der Waals surface area contributed by atoms with Gasteiger partial charge in [0.05, 0.1) is 12.7 Å². The van der Waals surface area contributed by atoms with E-state index >= 15 is 0 Å². The lowest BCUT2D eigenvalue weighted by Crippen LogP contribution is -3.04. The van der Waals surface area contributed by atoms with Crippen LogP contribution >= 0.6 is 0 Å². The van der Waals surface area contributed by atoms with Crippen LogP contribution in [0.1, 0.15) is 20.3 Å². The van der Waals surface area contributed by atoms with Crippen LogP contribution in [0.2, 0.25) is 0 Å². The van der Waals surface area contributed by atoms with Crippen molar-refractivity contribution in [2.75, 3.05) is 6.54 Å². The number of rotatable bonds is 2. The average molecular weight is 143 g/mol. The summed E-state index contributed by atoms with van der Waals surface area (Å²) in [5.41, 5.74) is 1.51. The number of allylic oxidation sites excluding steroid dienone is 3. The third-order valence-corrected chi connectivity index (χ3v) is 1.77. The van der Waals surface area contributed by atoms with Crippen molar-refractivity contribution in [1.29, 1.82) is 0 Å². The van der Waals surface area contributed by atoms with Gasteiger partial charge in [-0.3, -0.25) is 4.90 Å². The highest BCUT2D eigenvalue weighted by Crippen LogP contribution is 1.95. The molecule has 1 aliphatic heterocycles. The van der Waals surface area contributed by atoms with Crippen LogP contribution in [0.4, 0.5) is 0 Å². The van der Waals surface area contributed by atoms with Crippen LogP contribution in [0.5, 0.6) is 0 Å². The standard InChI is InChI=1S/C8H13N.FH/c1-3-8-6-5-7-9(8)4-2;/h5-7H,3-4H2,1-2H3;1H. The Kier molecular flexibility index (Phi) is 3.96. The Morgan fingerprint density at radius 1 is 1.40 bits per heavy atom. The maximum absolute atomic E-state index is 2.21. The molecule has 1 atom stereocenters. The van der Waals surface area contributed by atoms with Crippen LogP contribution in [0.15, 0.2) is 24.0 Å². The van der Waals surface area contributed by atoms with E-state index < -0.39 is 0 Å². The predicted octanol–water partition coefficient (Wildman–Crippen LogP) is -2.28. The van der Waals surface area contributed by atoms with E-state index in [9.17, 15) is 0 Å². The Bertz CT molecular complexity index is 149. The Balaban J connectivity index is 0.000000810. The largest absolute Gasteiger partial charge is 1.00 e. The molecule has 0 radical (unpaired) electrons. The van der Waals surface area contributed by atoms with Crippen LogP contribution in [-0.4, -0.2) is 6.54 Å². The molecule has 0 aromatic rings. The molecule has 0 aromatic heterocycles. The number of hydrogen-bond acceptors (Lipinski definition) is 0. The van der Waals surface area contributed by atoms with Gasteiger partial charge in [0.15, 0.2) is 0 Å². The molecule has 0 spiro atoms. The normalized spacial score (nSPS) is 22.2. The van der Waals surface area contributed by atoms with E-state index in [1.165, 1.54) is 23.6 Å². The first kappa shape index (κ1) is 9.37. The number of halogens is 1. The molecular formula is C8H14FN. The summed E-state index contributed by atoms with van der Waals surface area (Å²) in [4.78, 5) is 1.51. The first-order chi connectivity index (χ1) is 4.38. The minimum atomic E-state index is 0. The lowest BCUT2D eigenvalue weighted by molar-refractivity contribution is -0.801. The fraction of sp³-hybridized carbons (Fsp3) is 0.500. The van der Waals surface area contributed by atoms with Crippen LogP contribution in [0.3, 0.4) is 0 Å². The molecule has 58 valence electrons. The SMILES string of the molecule is CCC1=CC=C[NH+]1CC.[F-]. The van der Waals surface area contributed by atoms with Crippen LogP contribution in [0, 0.1) is 0 Å². The molecule has 1 unspecified atom stereocenters. The maximum atomic E-state index is 2.21. The zero-order valence-electron chi connectivity index (χ0n) is 6.52. The monoisotopic (exact) mass is 143 g/mol. The van der Waals surface area contributed by atoms with E-state index in [1.807, 2.05) is 0 Å². The molecule has 0 amide bonds. The highest BCUT2D eigenvalue weighted by molar-refractivity contribution is 5.09. The second-order valence-electron chi connectivity index (χ2n) is 2.28. The molecule has 0 bridgehead atoms. The van der Waals surface area contributed by atoms with Gasteiger partial charge in [0.1, 0.15) is 5.70 Å². The van der Waals surface area contributed by atoms with E-state index in [2.05, 4.69) is 32.2 Å². The molecule has 0 aliphatic carbocycles. The van der Waals surface area contributed by atoms with Crippen LogP contribution < -0.4 is 9.60 Å². The minimum absolute atomic E-state index is 0. The quantitative estimate of drug-likeness (QED) is 0.444. The second kappa shape index (κ2) is 4.23. The summed E-state index contributed by atoms with van der Waals surface area (Å²) < 4.78 is 0. The maximum Gasteiger partial charge on any atom is 0.112 e. The van der Waals surface area contributed by atoms with E-state index in [0.717, 1.165) is 0 Å². The van der Waals surface area contributed by atoms with Crippen molar-refractivity contribution in [2.24, 2.45) is 0 Å². The lowest BCUT2D eigenvalue weighted by Gasteiger charge is -2.08. The van der Waals surface area contributed by atoms with Crippen molar-refractivity contribution >= 4 is 0 Å². The first-order valence-electron chi connectivity index (χ1n) is 3.62. The van der Waals surface area contributed by atoms with Gasteiger partial charge in [-0.2, -0.15) is 0 Å². The van der Waals surface area contributed by atoms with Gasteiger partial charge in [-0.25, -0.2) is 0 Å². The van der Waals surface area contributed by atoms with E-state index in [0.29, 0.717) is 0 Å². The fourth-order valence-corrected chi connectivity index (χ4v) is 1.18. The number of hydrogen-bond donors (Lipinski definition) is 1. The summed E-state index contributed by atoms with van der Waals surface area (Å²) in [6.45, 7) is 5.58. The van der Waals surface area contributed by atoms with Gasteiger partial charge in [0.25, 0.3) is 0 Å². The summed E-state index contributed by atoms with van der Waals surface area (Å²) in [6, 6.07) is 0. The Hall–Kier alpha value is -0.630. The van der Waals surface area contributed by atoms with Crippen molar-refractivity contribution in [3.63, 3.8) is 0 Å². The zero-order valence-corrected chi connectivity index (χ0v) is 6.52. The molecule has 1 nitrogen and oxygen atoms in total. The summed E-state index contributed by atoms with van der Waals surface area (Å²) >= 11 is 0. The van der Waals surface area contributed by atoms with E-state index in [1.54, 1.807) is 0 Å². The van der Waals surface area contributed by atoms with Crippen molar-refractivity contribution in [2.45, 2.75) is 20.3 Å². The third-order valence-electron chi connectivity index (χ3n) is 1.77. The molecule has 0 saturated heterocycles. The summed E-state index contributed by atoms with van der Waals surface area (Å²) in [5, 5.41) is 0. The predicted molar refractivity (Wildman–Crippen MR) is 39.0 cm³/mol. The molecule has 2 heteroatoms. The lowest BCUT2D eigenvalue weighted by atomic mass is 10.3. The summed E-state index contributed by atoms with van der Waals surface area (Å²) in [6.07, 6.45) is 7.73. The highest BCUT2D eigenvalue weighted by atomic mass is 19.0. The third kappa shape index (κ3) is 1.67. The Morgan fingerprint density at radius 3 is 2.50 bits per heavy atom. The van der Waals surface area contributed by atoms with E-state index in [-0.39, 0.29) is 4.70 Å². The minimum Gasteiger partial charge on any atom is -1.00 e. The van der Waals surface area contributed by atoms with E-state index in [4.69, 9.17) is 0 Å². The highest BCUT2D eigenvalue weighted by Gasteiger charge is 2.10. The summed E-state index contributed by atoms with van der Waals surface area (Å²) in [7, 11) is 0. The zero-order chi connectivity index (χ0) is 6.69. The molecule has 1 heterocycles. The number of nitrogens with one attached hydrogen (secondary N) is 1. The van der Waals surface area contributed by atoms with Gasteiger partial charge in [-0.1, -0.05) is 6.92 Å². The molecule has 1 N–H and O–H groups in total. The van der Waals surface area contributed by atoms with Gasteiger partial charge >= 0.3 is 0 Å². The molecule has 0 fully saturated rings. The average Bonchev–Trinajstić information content (AvgIpc) is 2.33. The molecule has 0 aromatic carbocycles. The smallest absolute Gasteiger partial charge is 0.112 e. The van der Waals surface area contributed by atoms with Crippen LogP contribution in [-0.2, 0) is 0 Å². The van der Waals surface area contributed by atoms with Gasteiger partial charge in [-0.05, 0) is 13.0 Å². The van der Waals surface area contributed by atoms with Crippen molar-refractivity contribution in [3.05, 3.63) is 24.0 Å². The van der Waals surface area contributed by atoms with Crippen molar-refractivity contribution in [1.82, 2.24) is 0 Å². The second-order valence-corrected chi connectivity index (χ2v) is 2.28.